The summed E-state index contributed by atoms with van der Waals surface area (Å²) in [5.74, 6) is 0. The number of H-pyrrole nitrogens is 1. The van der Waals surface area contributed by atoms with E-state index in [0.717, 1.165) is 39.0 Å². The number of para-hydroxylation sites is 2. The van der Waals surface area contributed by atoms with Crippen LogP contribution in [0.2, 0.25) is 0 Å². The number of hydrogen-bond acceptors (Lipinski definition) is 3. The summed E-state index contributed by atoms with van der Waals surface area (Å²) in [6, 6.07) is 17.2. The van der Waals surface area contributed by atoms with Gasteiger partial charge in [0.05, 0.1) is 22.0 Å². The molecule has 0 aliphatic rings. The molecule has 0 atom stereocenters. The van der Waals surface area contributed by atoms with Crippen molar-refractivity contribution in [1.29, 1.82) is 0 Å². The number of rotatable bonds is 8. The van der Waals surface area contributed by atoms with Crippen molar-refractivity contribution in [2.75, 3.05) is 38.5 Å². The molecule has 0 radical (unpaired) electrons. The number of aromatic nitrogens is 2. The number of pyridine rings is 1. The van der Waals surface area contributed by atoms with Crippen LogP contribution in [0, 0.1) is 0 Å². The van der Waals surface area contributed by atoms with Gasteiger partial charge in [-0.2, -0.15) is 4.57 Å². The summed E-state index contributed by atoms with van der Waals surface area (Å²) < 4.78 is 2.30. The van der Waals surface area contributed by atoms with E-state index in [4.69, 9.17) is 5.73 Å². The van der Waals surface area contributed by atoms with Crippen LogP contribution in [-0.2, 0) is 7.05 Å². The van der Waals surface area contributed by atoms with E-state index in [1.54, 1.807) is 0 Å². The van der Waals surface area contributed by atoms with Crippen molar-refractivity contribution in [3.8, 4) is 0 Å². The number of fused-ring (bicyclic) bond motifs is 4. The van der Waals surface area contributed by atoms with E-state index in [2.05, 4.69) is 82.4 Å². The first-order valence-electron chi connectivity index (χ1n) is 10.1. The molecule has 0 fully saturated rings. The fourth-order valence-corrected chi connectivity index (χ4v) is 4.11. The zero-order valence-electron chi connectivity index (χ0n) is 16.8. The third-order valence-corrected chi connectivity index (χ3v) is 5.56. The van der Waals surface area contributed by atoms with Crippen molar-refractivity contribution in [3.05, 3.63) is 48.5 Å². The molecule has 0 amide bonds. The van der Waals surface area contributed by atoms with Gasteiger partial charge < -0.3 is 20.9 Å². The Morgan fingerprint density at radius 2 is 1.71 bits per heavy atom. The Bertz CT molecular complexity index is 1100. The zero-order valence-corrected chi connectivity index (χ0v) is 16.8. The fraction of sp³-hybridized carbons (Fsp3) is 0.348. The summed E-state index contributed by atoms with van der Waals surface area (Å²) in [4.78, 5) is 6.01. The second-order valence-corrected chi connectivity index (χ2v) is 7.57. The smallest absolute Gasteiger partial charge is 0.240 e. The fourth-order valence-electron chi connectivity index (χ4n) is 4.11. The number of hydrogen-bond donors (Lipinski definition) is 3. The minimum Gasteiger partial charge on any atom is -0.382 e. The molecule has 0 saturated heterocycles. The Morgan fingerprint density at radius 3 is 2.54 bits per heavy atom. The lowest BCUT2D eigenvalue weighted by Crippen LogP contribution is -2.30. The highest BCUT2D eigenvalue weighted by atomic mass is 15.1. The quantitative estimate of drug-likeness (QED) is 0.326. The van der Waals surface area contributed by atoms with Crippen LogP contribution in [0.5, 0.6) is 0 Å². The van der Waals surface area contributed by atoms with Crippen LogP contribution in [0.3, 0.4) is 0 Å². The maximum Gasteiger partial charge on any atom is 0.240 e. The monoisotopic (exact) mass is 376 g/mol. The van der Waals surface area contributed by atoms with E-state index in [-0.39, 0.29) is 0 Å². The average Bonchev–Trinajstić information content (AvgIpc) is 3.11. The summed E-state index contributed by atoms with van der Waals surface area (Å²) in [6.45, 7) is 3.83. The Hall–Kier alpha value is -2.63. The summed E-state index contributed by atoms with van der Waals surface area (Å²) in [5, 5.41) is 6.24. The van der Waals surface area contributed by atoms with Gasteiger partial charge in [-0.05, 0) is 57.7 Å². The lowest BCUT2D eigenvalue weighted by molar-refractivity contribution is -0.616. The van der Waals surface area contributed by atoms with Crippen LogP contribution in [0.25, 0.3) is 32.8 Å². The van der Waals surface area contributed by atoms with Gasteiger partial charge in [0.1, 0.15) is 12.6 Å². The van der Waals surface area contributed by atoms with Gasteiger partial charge in [-0.3, -0.25) is 0 Å². The molecule has 2 heterocycles. The zero-order chi connectivity index (χ0) is 19.5. The summed E-state index contributed by atoms with van der Waals surface area (Å²) in [7, 11) is 4.32. The molecule has 0 saturated carbocycles. The van der Waals surface area contributed by atoms with Crippen molar-refractivity contribution in [2.45, 2.75) is 12.8 Å². The number of aryl methyl sites for hydroxylation is 1. The highest BCUT2D eigenvalue weighted by Crippen LogP contribution is 2.33. The van der Waals surface area contributed by atoms with E-state index in [0.29, 0.717) is 0 Å². The van der Waals surface area contributed by atoms with E-state index in [1.165, 1.54) is 38.5 Å². The molecular formula is C23H30N5+. The molecule has 2 aromatic carbocycles. The van der Waals surface area contributed by atoms with Crippen LogP contribution >= 0.6 is 0 Å². The van der Waals surface area contributed by atoms with Crippen molar-refractivity contribution in [2.24, 2.45) is 12.8 Å². The number of nitrogens with two attached hydrogens (primary N) is 1. The normalized spacial score (nSPS) is 11.9. The van der Waals surface area contributed by atoms with Gasteiger partial charge in [-0.15, -0.1) is 0 Å². The highest BCUT2D eigenvalue weighted by molar-refractivity contribution is 6.13. The second-order valence-electron chi connectivity index (χ2n) is 7.57. The third-order valence-electron chi connectivity index (χ3n) is 5.56. The molecule has 0 aliphatic heterocycles. The first-order chi connectivity index (χ1) is 13.7. The minimum absolute atomic E-state index is 0.758. The van der Waals surface area contributed by atoms with E-state index < -0.39 is 0 Å². The molecule has 0 aliphatic carbocycles. The Morgan fingerprint density at radius 1 is 1.00 bits per heavy atom. The lowest BCUT2D eigenvalue weighted by atomic mass is 10.1. The standard InChI is InChI=1S/C23H29N5/c1-27(15-7-13-24)16-8-14-25-21-18-10-4-6-12-20(18)28(2)23-17-9-3-5-11-19(17)26-22(21)23/h3-6,9-12H,7-8,13-16,24H2,1-2H3,(H,25,26)/p+1. The van der Waals surface area contributed by atoms with Crippen molar-refractivity contribution >= 4 is 38.5 Å². The van der Waals surface area contributed by atoms with Gasteiger partial charge >= 0.3 is 0 Å². The van der Waals surface area contributed by atoms with Crippen LogP contribution in [0.1, 0.15) is 12.8 Å². The molecule has 4 rings (SSSR count). The molecule has 2 aromatic heterocycles. The molecule has 4 aromatic rings. The van der Waals surface area contributed by atoms with Crippen LogP contribution in [0.15, 0.2) is 48.5 Å². The molecule has 0 bridgehead atoms. The number of anilines is 1. The summed E-state index contributed by atoms with van der Waals surface area (Å²) >= 11 is 0. The number of benzene rings is 2. The van der Waals surface area contributed by atoms with E-state index in [1.807, 2.05) is 0 Å². The lowest BCUT2D eigenvalue weighted by Gasteiger charge is -2.16. The molecule has 0 spiro atoms. The molecule has 4 N–H and O–H groups in total. The third kappa shape index (κ3) is 3.43. The molecule has 5 heteroatoms. The summed E-state index contributed by atoms with van der Waals surface area (Å²) in [5.41, 5.74) is 11.7. The van der Waals surface area contributed by atoms with Crippen molar-refractivity contribution in [1.82, 2.24) is 9.88 Å². The SMILES string of the molecule is CN(CCCN)CCCNc1c2ccccc2[n+](C)c2c1[nH]c1ccccc12. The van der Waals surface area contributed by atoms with Gasteiger partial charge in [-0.25, -0.2) is 0 Å². The van der Waals surface area contributed by atoms with Crippen molar-refractivity contribution < 1.29 is 4.57 Å². The van der Waals surface area contributed by atoms with Gasteiger partial charge in [0, 0.05) is 12.6 Å². The molecule has 146 valence electrons. The van der Waals surface area contributed by atoms with Gasteiger partial charge in [0.25, 0.3) is 0 Å². The number of nitrogens with one attached hydrogen (secondary N) is 2. The Balaban J connectivity index is 1.69. The number of aromatic amines is 1. The maximum absolute atomic E-state index is 5.61. The highest BCUT2D eigenvalue weighted by Gasteiger charge is 2.21. The predicted molar refractivity (Wildman–Crippen MR) is 119 cm³/mol. The minimum atomic E-state index is 0.758. The second kappa shape index (κ2) is 8.17. The van der Waals surface area contributed by atoms with Crippen molar-refractivity contribution in [3.63, 3.8) is 0 Å². The first kappa shape index (κ1) is 18.7. The Kier molecular flexibility index (Phi) is 5.46. The average molecular weight is 377 g/mol. The molecule has 28 heavy (non-hydrogen) atoms. The van der Waals surface area contributed by atoms with E-state index >= 15 is 0 Å². The van der Waals surface area contributed by atoms with Crippen LogP contribution < -0.4 is 15.6 Å². The molecule has 0 unspecified atom stereocenters. The van der Waals surface area contributed by atoms with Crippen LogP contribution in [-0.4, -0.2) is 43.1 Å². The van der Waals surface area contributed by atoms with Gasteiger partial charge in [0.2, 0.25) is 11.0 Å². The first-order valence-corrected chi connectivity index (χ1v) is 10.1. The van der Waals surface area contributed by atoms with Gasteiger partial charge in [-0.1, -0.05) is 24.3 Å². The largest absolute Gasteiger partial charge is 0.382 e. The van der Waals surface area contributed by atoms with Gasteiger partial charge in [0.15, 0.2) is 0 Å². The Labute approximate surface area is 166 Å². The van der Waals surface area contributed by atoms with Crippen LogP contribution in [0.4, 0.5) is 5.69 Å². The van der Waals surface area contributed by atoms with E-state index in [9.17, 15) is 0 Å². The summed E-state index contributed by atoms with van der Waals surface area (Å²) in [6.07, 6.45) is 2.15. The topological polar surface area (TPSA) is 61.0 Å². The maximum atomic E-state index is 5.61. The number of nitrogens with zero attached hydrogens (tertiary/aromatic N) is 2. The molecule has 5 nitrogen and oxygen atoms in total. The predicted octanol–water partition coefficient (Wildman–Crippen LogP) is 3.38. The molecular weight excluding hydrogens is 346 g/mol.